The molecule has 0 spiro atoms. The van der Waals surface area contributed by atoms with Crippen LogP contribution in [0.4, 0.5) is 10.8 Å². The van der Waals surface area contributed by atoms with Crippen molar-refractivity contribution in [1.29, 1.82) is 0 Å². The van der Waals surface area contributed by atoms with E-state index in [0.717, 1.165) is 17.8 Å². The maximum Gasteiger partial charge on any atom is 0.275 e. The Bertz CT molecular complexity index is 679. The number of hydrogen-bond acceptors (Lipinski definition) is 5. The molecule has 0 saturated carbocycles. The van der Waals surface area contributed by atoms with Crippen LogP contribution in [0.5, 0.6) is 0 Å². The smallest absolute Gasteiger partial charge is 0.275 e. The van der Waals surface area contributed by atoms with Gasteiger partial charge < -0.3 is 16.0 Å². The molecule has 0 radical (unpaired) electrons. The van der Waals surface area contributed by atoms with Crippen LogP contribution in [0.15, 0.2) is 29.6 Å². The number of carbonyl (C=O) groups excluding carboxylic acids is 2. The number of amides is 2. The Kier molecular flexibility index (Phi) is 10.2. The standard InChI is InChI=1S/C15H18N4O2S.2ClH/c1-3-16-8-11-6-4-5-7-12(11)18-14(21)13-9-22-15(19-13)17-10(2)20;;/h4-7,9,16H,3,8H2,1-2H3,(H,18,21)(H,17,19,20);2*1H. The summed E-state index contributed by atoms with van der Waals surface area (Å²) in [5.74, 6) is -0.505. The number of para-hydroxylation sites is 1. The molecule has 6 nitrogen and oxygen atoms in total. The Morgan fingerprint density at radius 3 is 2.54 bits per heavy atom. The van der Waals surface area contributed by atoms with Crippen LogP contribution in [0.1, 0.15) is 29.9 Å². The first kappa shape index (κ1) is 22.3. The van der Waals surface area contributed by atoms with E-state index in [-0.39, 0.29) is 42.3 Å². The molecule has 3 N–H and O–H groups in total. The van der Waals surface area contributed by atoms with E-state index in [1.807, 2.05) is 31.2 Å². The summed E-state index contributed by atoms with van der Waals surface area (Å²) in [7, 11) is 0. The topological polar surface area (TPSA) is 83.1 Å². The number of rotatable bonds is 6. The van der Waals surface area contributed by atoms with Gasteiger partial charge in [0.25, 0.3) is 5.91 Å². The van der Waals surface area contributed by atoms with Crippen molar-refractivity contribution in [2.24, 2.45) is 0 Å². The molecule has 0 fully saturated rings. The molecule has 0 bridgehead atoms. The molecule has 2 aromatic rings. The Labute approximate surface area is 157 Å². The summed E-state index contributed by atoms with van der Waals surface area (Å²) in [5, 5.41) is 10.7. The molecule has 0 unspecified atom stereocenters. The fourth-order valence-electron chi connectivity index (χ4n) is 1.83. The number of halogens is 2. The number of carbonyl (C=O) groups is 2. The highest BCUT2D eigenvalue weighted by Gasteiger charge is 2.13. The predicted molar refractivity (Wildman–Crippen MR) is 103 cm³/mol. The molecule has 24 heavy (non-hydrogen) atoms. The van der Waals surface area contributed by atoms with E-state index in [2.05, 4.69) is 20.9 Å². The lowest BCUT2D eigenvalue weighted by Crippen LogP contribution is -2.17. The largest absolute Gasteiger partial charge is 0.320 e. The van der Waals surface area contributed by atoms with E-state index in [0.29, 0.717) is 11.7 Å². The minimum atomic E-state index is -0.295. The zero-order chi connectivity index (χ0) is 15.9. The summed E-state index contributed by atoms with van der Waals surface area (Å²) in [5.41, 5.74) is 2.05. The van der Waals surface area contributed by atoms with Crippen LogP contribution in [0.25, 0.3) is 0 Å². The lowest BCUT2D eigenvalue weighted by molar-refractivity contribution is -0.114. The van der Waals surface area contributed by atoms with E-state index in [1.165, 1.54) is 18.3 Å². The van der Waals surface area contributed by atoms with Crippen LogP contribution >= 0.6 is 36.2 Å². The molecule has 132 valence electrons. The lowest BCUT2D eigenvalue weighted by atomic mass is 10.1. The van der Waals surface area contributed by atoms with Gasteiger partial charge in [-0.05, 0) is 18.2 Å². The summed E-state index contributed by atoms with van der Waals surface area (Å²) in [6.07, 6.45) is 0. The molecule has 1 aromatic heterocycles. The van der Waals surface area contributed by atoms with E-state index >= 15 is 0 Å². The van der Waals surface area contributed by atoms with E-state index < -0.39 is 0 Å². The fourth-order valence-corrected chi connectivity index (χ4v) is 2.57. The van der Waals surface area contributed by atoms with Gasteiger partial charge in [0, 0.05) is 24.5 Å². The molecule has 2 amide bonds. The molecule has 0 aliphatic carbocycles. The minimum absolute atomic E-state index is 0. The third kappa shape index (κ3) is 6.45. The summed E-state index contributed by atoms with van der Waals surface area (Å²) in [6.45, 7) is 4.97. The molecule has 1 aromatic carbocycles. The highest BCUT2D eigenvalue weighted by Crippen LogP contribution is 2.19. The van der Waals surface area contributed by atoms with Gasteiger partial charge in [0.05, 0.1) is 0 Å². The van der Waals surface area contributed by atoms with Gasteiger partial charge in [-0.1, -0.05) is 25.1 Å². The van der Waals surface area contributed by atoms with E-state index in [1.54, 1.807) is 5.38 Å². The van der Waals surface area contributed by atoms with Crippen molar-refractivity contribution in [3.8, 4) is 0 Å². The summed E-state index contributed by atoms with van der Waals surface area (Å²) in [6, 6.07) is 7.61. The van der Waals surface area contributed by atoms with Crippen LogP contribution in [-0.4, -0.2) is 23.3 Å². The molecule has 1 heterocycles. The van der Waals surface area contributed by atoms with Gasteiger partial charge in [0.2, 0.25) is 5.91 Å². The number of nitrogens with zero attached hydrogens (tertiary/aromatic N) is 1. The van der Waals surface area contributed by atoms with Crippen LogP contribution in [0.3, 0.4) is 0 Å². The van der Waals surface area contributed by atoms with Crippen molar-refractivity contribution < 1.29 is 9.59 Å². The summed E-state index contributed by atoms with van der Waals surface area (Å²) < 4.78 is 0. The van der Waals surface area contributed by atoms with E-state index in [9.17, 15) is 9.59 Å². The lowest BCUT2D eigenvalue weighted by Gasteiger charge is -2.10. The Hall–Kier alpha value is -1.67. The molecule has 0 aliphatic rings. The molecule has 0 aliphatic heterocycles. The number of hydrogen-bond donors (Lipinski definition) is 3. The first-order chi connectivity index (χ1) is 10.6. The molecular weight excluding hydrogens is 371 g/mol. The second-order valence-corrected chi connectivity index (χ2v) is 5.47. The van der Waals surface area contributed by atoms with Gasteiger partial charge in [0.1, 0.15) is 5.69 Å². The van der Waals surface area contributed by atoms with Crippen molar-refractivity contribution >= 4 is 58.8 Å². The normalized spacial score (nSPS) is 9.42. The van der Waals surface area contributed by atoms with Gasteiger partial charge in [-0.15, -0.1) is 36.2 Å². The highest BCUT2D eigenvalue weighted by molar-refractivity contribution is 7.14. The highest BCUT2D eigenvalue weighted by atomic mass is 35.5. The number of nitrogens with one attached hydrogen (secondary N) is 3. The minimum Gasteiger partial charge on any atom is -0.320 e. The quantitative estimate of drug-likeness (QED) is 0.706. The third-order valence-electron chi connectivity index (χ3n) is 2.85. The average Bonchev–Trinajstić information content (AvgIpc) is 2.94. The van der Waals surface area contributed by atoms with E-state index in [4.69, 9.17) is 0 Å². The zero-order valence-corrected chi connectivity index (χ0v) is 15.7. The van der Waals surface area contributed by atoms with Gasteiger partial charge >= 0.3 is 0 Å². The van der Waals surface area contributed by atoms with Gasteiger partial charge in [-0.3, -0.25) is 9.59 Å². The number of thiazole rings is 1. The van der Waals surface area contributed by atoms with Crippen molar-refractivity contribution in [2.45, 2.75) is 20.4 Å². The SMILES string of the molecule is CCNCc1ccccc1NC(=O)c1csc(NC(C)=O)n1.Cl.Cl. The third-order valence-corrected chi connectivity index (χ3v) is 3.61. The zero-order valence-electron chi connectivity index (χ0n) is 13.3. The van der Waals surface area contributed by atoms with Crippen molar-refractivity contribution in [2.75, 3.05) is 17.2 Å². The predicted octanol–water partition coefficient (Wildman–Crippen LogP) is 3.31. The van der Waals surface area contributed by atoms with Crippen LogP contribution in [-0.2, 0) is 11.3 Å². The second kappa shape index (κ2) is 11.0. The maximum atomic E-state index is 12.2. The second-order valence-electron chi connectivity index (χ2n) is 4.61. The number of aromatic nitrogens is 1. The molecule has 0 saturated heterocycles. The van der Waals surface area contributed by atoms with Gasteiger partial charge in [0.15, 0.2) is 5.13 Å². The van der Waals surface area contributed by atoms with Crippen molar-refractivity contribution in [3.05, 3.63) is 40.9 Å². The average molecular weight is 391 g/mol. The van der Waals surface area contributed by atoms with Crippen molar-refractivity contribution in [1.82, 2.24) is 10.3 Å². The van der Waals surface area contributed by atoms with Crippen molar-refractivity contribution in [3.63, 3.8) is 0 Å². The molecule has 9 heteroatoms. The number of anilines is 2. The monoisotopic (exact) mass is 390 g/mol. The Balaban J connectivity index is 0.00000264. The molecule has 2 rings (SSSR count). The van der Waals surface area contributed by atoms with Gasteiger partial charge in [-0.25, -0.2) is 4.98 Å². The summed E-state index contributed by atoms with van der Waals surface area (Å²) >= 11 is 1.22. The Morgan fingerprint density at radius 2 is 1.88 bits per heavy atom. The van der Waals surface area contributed by atoms with Crippen LogP contribution < -0.4 is 16.0 Å². The van der Waals surface area contributed by atoms with Crippen LogP contribution in [0.2, 0.25) is 0 Å². The summed E-state index contributed by atoms with van der Waals surface area (Å²) in [4.78, 5) is 27.3. The molecular formula is C15H20Cl2N4O2S. The molecule has 0 atom stereocenters. The van der Waals surface area contributed by atoms with Gasteiger partial charge in [-0.2, -0.15) is 0 Å². The first-order valence-electron chi connectivity index (χ1n) is 6.93. The first-order valence-corrected chi connectivity index (χ1v) is 7.81. The Morgan fingerprint density at radius 1 is 1.17 bits per heavy atom. The van der Waals surface area contributed by atoms with Crippen LogP contribution in [0, 0.1) is 0 Å². The fraction of sp³-hybridized carbons (Fsp3) is 0.267. The maximum absolute atomic E-state index is 12.2. The number of benzene rings is 1.